The number of urea groups is 1. The predicted octanol–water partition coefficient (Wildman–Crippen LogP) is 1.39. The van der Waals surface area contributed by atoms with E-state index in [0.717, 1.165) is 17.7 Å². The molecule has 2 fully saturated rings. The number of hydrogen-bond donors (Lipinski definition) is 3. The van der Waals surface area contributed by atoms with Crippen molar-refractivity contribution in [2.24, 2.45) is 0 Å². The number of imide groups is 1. The van der Waals surface area contributed by atoms with E-state index in [9.17, 15) is 23.6 Å². The molecule has 1 aromatic carbocycles. The molecule has 3 rings (SSSR count). The molecule has 1 spiro atoms. The first-order valence-electron chi connectivity index (χ1n) is 9.96. The average molecular weight is 420 g/mol. The normalized spacial score (nSPS) is 18.3. The molecule has 2 aliphatic rings. The molecule has 1 aromatic rings. The first kappa shape index (κ1) is 21.5. The molecule has 30 heavy (non-hydrogen) atoms. The zero-order valence-corrected chi connectivity index (χ0v) is 16.7. The van der Waals surface area contributed by atoms with Crippen molar-refractivity contribution >= 4 is 23.8 Å². The van der Waals surface area contributed by atoms with Crippen molar-refractivity contribution in [2.75, 3.05) is 6.54 Å². The van der Waals surface area contributed by atoms with E-state index >= 15 is 0 Å². The summed E-state index contributed by atoms with van der Waals surface area (Å²) < 4.78 is 18.2. The van der Waals surface area contributed by atoms with Gasteiger partial charge in [0, 0.05) is 13.0 Å². The smallest absolute Gasteiger partial charge is 0.325 e. The number of carbonyl (C=O) groups is 4. The quantitative estimate of drug-likeness (QED) is 0.455. The number of nitrogens with one attached hydrogen (secondary N) is 3. The van der Waals surface area contributed by atoms with Crippen molar-refractivity contribution in [1.82, 2.24) is 21.1 Å². The van der Waals surface area contributed by atoms with Gasteiger partial charge in [-0.3, -0.25) is 30.1 Å². The van der Waals surface area contributed by atoms with Gasteiger partial charge in [-0.15, -0.1) is 0 Å². The SMILES string of the molecule is C[C@@H](Oc1ccc(F)cc1)C(=O)NNC(=O)CCCN1C(=O)NC2(CCCC2)C1=O. The van der Waals surface area contributed by atoms with Crippen LogP contribution in [-0.4, -0.2) is 46.8 Å². The number of hydrogen-bond acceptors (Lipinski definition) is 5. The van der Waals surface area contributed by atoms with Crippen molar-refractivity contribution in [3.05, 3.63) is 30.1 Å². The Bertz CT molecular complexity index is 823. The highest BCUT2D eigenvalue weighted by molar-refractivity contribution is 6.07. The molecule has 10 heteroatoms. The second-order valence-electron chi connectivity index (χ2n) is 7.53. The van der Waals surface area contributed by atoms with Gasteiger partial charge >= 0.3 is 6.03 Å². The third-order valence-corrected chi connectivity index (χ3v) is 5.31. The van der Waals surface area contributed by atoms with E-state index in [1.54, 1.807) is 0 Å². The number of amides is 5. The first-order valence-corrected chi connectivity index (χ1v) is 9.96. The maximum absolute atomic E-state index is 12.9. The number of nitrogens with zero attached hydrogens (tertiary/aromatic N) is 1. The van der Waals surface area contributed by atoms with Crippen molar-refractivity contribution in [2.45, 2.75) is 57.1 Å². The van der Waals surface area contributed by atoms with Crippen LogP contribution in [0.4, 0.5) is 9.18 Å². The van der Waals surface area contributed by atoms with Gasteiger partial charge in [0.1, 0.15) is 17.1 Å². The molecule has 1 aliphatic carbocycles. The van der Waals surface area contributed by atoms with E-state index in [1.807, 2.05) is 0 Å². The molecular formula is C20H25FN4O5. The Balaban J connectivity index is 1.36. The van der Waals surface area contributed by atoms with Crippen LogP contribution in [0.1, 0.15) is 45.4 Å². The van der Waals surface area contributed by atoms with E-state index in [1.165, 1.54) is 31.2 Å². The van der Waals surface area contributed by atoms with E-state index in [0.29, 0.717) is 18.6 Å². The lowest BCUT2D eigenvalue weighted by Crippen LogP contribution is -2.47. The minimum absolute atomic E-state index is 0.0253. The van der Waals surface area contributed by atoms with E-state index in [2.05, 4.69) is 16.2 Å². The van der Waals surface area contributed by atoms with Crippen LogP contribution in [0.5, 0.6) is 5.75 Å². The van der Waals surface area contributed by atoms with Crippen LogP contribution in [0.2, 0.25) is 0 Å². The molecule has 1 saturated heterocycles. The summed E-state index contributed by atoms with van der Waals surface area (Å²) in [5, 5.41) is 2.79. The Morgan fingerprint density at radius 3 is 2.53 bits per heavy atom. The van der Waals surface area contributed by atoms with Gasteiger partial charge < -0.3 is 10.1 Å². The van der Waals surface area contributed by atoms with Crippen LogP contribution in [0.15, 0.2) is 24.3 Å². The molecule has 1 heterocycles. The summed E-state index contributed by atoms with van der Waals surface area (Å²) in [5.41, 5.74) is 3.77. The molecule has 1 atom stereocenters. The summed E-state index contributed by atoms with van der Waals surface area (Å²) >= 11 is 0. The fourth-order valence-corrected chi connectivity index (χ4v) is 3.66. The van der Waals surface area contributed by atoms with Gasteiger partial charge in [0.05, 0.1) is 0 Å². The monoisotopic (exact) mass is 420 g/mol. The molecule has 0 aromatic heterocycles. The number of benzene rings is 1. The largest absolute Gasteiger partial charge is 0.481 e. The molecular weight excluding hydrogens is 395 g/mol. The van der Waals surface area contributed by atoms with Gasteiger partial charge in [-0.25, -0.2) is 9.18 Å². The van der Waals surface area contributed by atoms with Gasteiger partial charge in [-0.05, 0) is 50.5 Å². The molecule has 162 valence electrons. The van der Waals surface area contributed by atoms with Crippen LogP contribution in [0.3, 0.4) is 0 Å². The van der Waals surface area contributed by atoms with Crippen molar-refractivity contribution in [1.29, 1.82) is 0 Å². The zero-order chi connectivity index (χ0) is 21.7. The topological polar surface area (TPSA) is 117 Å². The number of rotatable bonds is 7. The number of hydrazine groups is 1. The Kier molecular flexibility index (Phi) is 6.53. The van der Waals surface area contributed by atoms with E-state index in [4.69, 9.17) is 4.74 Å². The highest BCUT2D eigenvalue weighted by Crippen LogP contribution is 2.35. The Hall–Kier alpha value is -3.17. The van der Waals surface area contributed by atoms with Crippen molar-refractivity contribution in [3.63, 3.8) is 0 Å². The summed E-state index contributed by atoms with van der Waals surface area (Å²) in [6.45, 7) is 1.62. The third kappa shape index (κ3) is 4.87. The number of ether oxygens (including phenoxy) is 1. The Morgan fingerprint density at radius 1 is 1.20 bits per heavy atom. The molecule has 0 bridgehead atoms. The lowest BCUT2D eigenvalue weighted by Gasteiger charge is -2.20. The standard InChI is InChI=1S/C20H25FN4O5/c1-13(30-15-8-6-14(21)7-9-15)17(27)24-23-16(26)5-4-12-25-18(28)20(22-19(25)29)10-2-3-11-20/h6-9,13H,2-5,10-12H2,1H3,(H,22,29)(H,23,26)(H,24,27)/t13-/m1/s1. The molecule has 5 amide bonds. The van der Waals surface area contributed by atoms with Crippen LogP contribution < -0.4 is 20.9 Å². The van der Waals surface area contributed by atoms with Gasteiger partial charge in [0.2, 0.25) is 5.91 Å². The van der Waals surface area contributed by atoms with Gasteiger partial charge in [0.15, 0.2) is 6.10 Å². The maximum atomic E-state index is 12.9. The molecule has 1 saturated carbocycles. The fraction of sp³-hybridized carbons (Fsp3) is 0.500. The van der Waals surface area contributed by atoms with E-state index in [-0.39, 0.29) is 25.3 Å². The average Bonchev–Trinajstić information content (AvgIpc) is 3.28. The molecule has 9 nitrogen and oxygen atoms in total. The van der Waals surface area contributed by atoms with Crippen LogP contribution in [0.25, 0.3) is 0 Å². The first-order chi connectivity index (χ1) is 14.3. The zero-order valence-electron chi connectivity index (χ0n) is 16.7. The molecule has 0 unspecified atom stereocenters. The minimum atomic E-state index is -0.913. The number of halogens is 1. The summed E-state index contributed by atoms with van der Waals surface area (Å²) in [4.78, 5) is 49.7. The summed E-state index contributed by atoms with van der Waals surface area (Å²) in [5.74, 6) is -1.35. The summed E-state index contributed by atoms with van der Waals surface area (Å²) in [6, 6.07) is 4.79. The molecule has 1 aliphatic heterocycles. The van der Waals surface area contributed by atoms with Gasteiger partial charge in [0.25, 0.3) is 11.8 Å². The lowest BCUT2D eigenvalue weighted by molar-refractivity contribution is -0.133. The third-order valence-electron chi connectivity index (χ3n) is 5.31. The minimum Gasteiger partial charge on any atom is -0.481 e. The molecule has 0 radical (unpaired) electrons. The number of carbonyl (C=O) groups excluding carboxylic acids is 4. The van der Waals surface area contributed by atoms with Crippen LogP contribution in [0, 0.1) is 5.82 Å². The van der Waals surface area contributed by atoms with Crippen LogP contribution in [-0.2, 0) is 14.4 Å². The van der Waals surface area contributed by atoms with E-state index < -0.39 is 35.3 Å². The molecule has 3 N–H and O–H groups in total. The lowest BCUT2D eigenvalue weighted by atomic mass is 9.98. The summed E-state index contributed by atoms with van der Waals surface area (Å²) in [7, 11) is 0. The Morgan fingerprint density at radius 2 is 1.87 bits per heavy atom. The maximum Gasteiger partial charge on any atom is 0.325 e. The highest BCUT2D eigenvalue weighted by Gasteiger charge is 2.52. The second-order valence-corrected chi connectivity index (χ2v) is 7.53. The van der Waals surface area contributed by atoms with Crippen molar-refractivity contribution < 1.29 is 28.3 Å². The second kappa shape index (κ2) is 9.10. The van der Waals surface area contributed by atoms with Gasteiger partial charge in [-0.1, -0.05) is 12.8 Å². The fourth-order valence-electron chi connectivity index (χ4n) is 3.66. The van der Waals surface area contributed by atoms with Crippen molar-refractivity contribution in [3.8, 4) is 5.75 Å². The predicted molar refractivity (Wildman–Crippen MR) is 103 cm³/mol. The Labute approximate surface area is 173 Å². The van der Waals surface area contributed by atoms with Gasteiger partial charge in [-0.2, -0.15) is 0 Å². The highest BCUT2D eigenvalue weighted by atomic mass is 19.1. The van der Waals surface area contributed by atoms with Crippen LogP contribution >= 0.6 is 0 Å². The summed E-state index contributed by atoms with van der Waals surface area (Å²) in [6.07, 6.45) is 2.51.